The third-order valence-electron chi connectivity index (χ3n) is 5.58. The number of fused-ring (bicyclic) bond motifs is 4. The summed E-state index contributed by atoms with van der Waals surface area (Å²) in [4.78, 5) is 7.58. The lowest BCUT2D eigenvalue weighted by Crippen LogP contribution is -2.53. The van der Waals surface area contributed by atoms with Gasteiger partial charge in [-0.2, -0.15) is 0 Å². The van der Waals surface area contributed by atoms with Crippen LogP contribution in [0, 0.1) is 0 Å². The summed E-state index contributed by atoms with van der Waals surface area (Å²) >= 11 is 9.93. The minimum atomic E-state index is -0.0604. The smallest absolute Gasteiger partial charge is 0.227 e. The Labute approximate surface area is 166 Å². The quantitative estimate of drug-likeness (QED) is 0.664. The van der Waals surface area contributed by atoms with Crippen LogP contribution < -0.4 is 10.8 Å². The molecule has 0 bridgehead atoms. The van der Waals surface area contributed by atoms with Gasteiger partial charge in [-0.3, -0.25) is 0 Å². The molecular formula is C21H18ClNOS2. The van der Waals surface area contributed by atoms with Crippen LogP contribution in [0.4, 0.5) is 0 Å². The van der Waals surface area contributed by atoms with Gasteiger partial charge in [-0.1, -0.05) is 11.6 Å². The zero-order valence-electron chi connectivity index (χ0n) is 15.0. The van der Waals surface area contributed by atoms with Crippen LogP contribution in [0.25, 0.3) is 22.6 Å². The van der Waals surface area contributed by atoms with Gasteiger partial charge in [-0.05, 0) is 73.9 Å². The third-order valence-corrected chi connectivity index (χ3v) is 8.92. The van der Waals surface area contributed by atoms with Gasteiger partial charge in [-0.15, -0.1) is 23.5 Å². The van der Waals surface area contributed by atoms with Gasteiger partial charge >= 0.3 is 0 Å². The van der Waals surface area contributed by atoms with Crippen molar-refractivity contribution in [1.82, 2.24) is 4.98 Å². The van der Waals surface area contributed by atoms with Gasteiger partial charge in [-0.25, -0.2) is 4.98 Å². The molecule has 1 aromatic heterocycles. The van der Waals surface area contributed by atoms with Crippen molar-refractivity contribution in [2.75, 3.05) is 0 Å². The molecular weight excluding hydrogens is 382 g/mol. The van der Waals surface area contributed by atoms with E-state index in [-0.39, 0.29) is 9.49 Å². The van der Waals surface area contributed by atoms with Gasteiger partial charge in [0.05, 0.1) is 9.49 Å². The van der Waals surface area contributed by atoms with Crippen molar-refractivity contribution in [3.63, 3.8) is 0 Å². The highest BCUT2D eigenvalue weighted by atomic mass is 35.5. The lowest BCUT2D eigenvalue weighted by atomic mass is 9.78. The largest absolute Gasteiger partial charge is 0.436 e. The van der Waals surface area contributed by atoms with E-state index in [2.05, 4.69) is 39.8 Å². The van der Waals surface area contributed by atoms with E-state index >= 15 is 0 Å². The van der Waals surface area contributed by atoms with E-state index in [9.17, 15) is 0 Å². The molecule has 0 saturated carbocycles. The maximum absolute atomic E-state index is 6.34. The molecule has 1 aromatic carbocycles. The summed E-state index contributed by atoms with van der Waals surface area (Å²) in [6, 6.07) is 7.67. The van der Waals surface area contributed by atoms with Crippen LogP contribution in [-0.4, -0.2) is 14.5 Å². The summed E-state index contributed by atoms with van der Waals surface area (Å²) in [6.07, 6.45) is 4.56. The van der Waals surface area contributed by atoms with Crippen LogP contribution in [0.2, 0.25) is 5.02 Å². The Morgan fingerprint density at radius 1 is 0.923 bits per heavy atom. The van der Waals surface area contributed by atoms with Crippen molar-refractivity contribution in [3.05, 3.63) is 62.0 Å². The molecule has 2 aliphatic heterocycles. The topological polar surface area (TPSA) is 26.0 Å². The molecule has 2 nitrogen and oxygen atoms in total. The fraction of sp³-hybridized carbons (Fsp3) is 0.286. The second-order valence-electron chi connectivity index (χ2n) is 7.31. The van der Waals surface area contributed by atoms with Crippen LogP contribution >= 0.6 is 35.1 Å². The number of hydrogen-bond acceptors (Lipinski definition) is 4. The Balaban J connectivity index is 1.88. The Kier molecular flexibility index (Phi) is 3.45. The van der Waals surface area contributed by atoms with Gasteiger partial charge < -0.3 is 4.42 Å². The number of hydrogen-bond donors (Lipinski definition) is 0. The number of benzene rings is 1. The van der Waals surface area contributed by atoms with Crippen molar-refractivity contribution in [3.8, 4) is 11.5 Å². The molecule has 2 atom stereocenters. The van der Waals surface area contributed by atoms with Gasteiger partial charge in [0, 0.05) is 21.7 Å². The standard InChI is InChI=1S/C21H18ClNOS2/c1-11-9-15-17-18(24-19(23-17)13-5-7-14(22)8-6-13)16-10-12(2)26-21(16,4)20(15,3)25-11/h5-10H,1-4H3/t20-,21-/m1/s1. The Hall–Kier alpha value is -1.36. The third kappa shape index (κ3) is 2.07. The first kappa shape index (κ1) is 16.8. The zero-order chi connectivity index (χ0) is 18.3. The van der Waals surface area contributed by atoms with E-state index in [1.807, 2.05) is 47.8 Å². The van der Waals surface area contributed by atoms with E-state index in [0.717, 1.165) is 16.3 Å². The molecule has 26 heavy (non-hydrogen) atoms. The zero-order valence-corrected chi connectivity index (χ0v) is 17.4. The van der Waals surface area contributed by atoms with Crippen molar-refractivity contribution in [1.29, 1.82) is 0 Å². The molecule has 5 heteroatoms. The minimum Gasteiger partial charge on any atom is -0.436 e. The molecule has 3 heterocycles. The van der Waals surface area contributed by atoms with Crippen LogP contribution in [0.3, 0.4) is 0 Å². The highest BCUT2D eigenvalue weighted by molar-refractivity contribution is 8.09. The maximum Gasteiger partial charge on any atom is 0.227 e. The van der Waals surface area contributed by atoms with Crippen molar-refractivity contribution >= 4 is 46.3 Å². The number of aromatic nitrogens is 1. The molecule has 0 saturated heterocycles. The van der Waals surface area contributed by atoms with Crippen LogP contribution in [0.5, 0.6) is 0 Å². The van der Waals surface area contributed by atoms with Gasteiger partial charge in [0.25, 0.3) is 0 Å². The van der Waals surface area contributed by atoms with E-state index < -0.39 is 0 Å². The highest BCUT2D eigenvalue weighted by Gasteiger charge is 2.57. The van der Waals surface area contributed by atoms with Gasteiger partial charge in [0.2, 0.25) is 5.89 Å². The normalized spacial score (nSPS) is 29.3. The molecule has 0 fully saturated rings. The van der Waals surface area contributed by atoms with Crippen molar-refractivity contribution in [2.24, 2.45) is 0 Å². The predicted octanol–water partition coefficient (Wildman–Crippen LogP) is 5.13. The first-order valence-electron chi connectivity index (χ1n) is 8.59. The SMILES string of the molecule is CC1=CC2=c3nc(-c4ccc(Cl)cc4)oc3=C3C=C(C)S[C@@]3(C)[C@]2(C)S1. The fourth-order valence-corrected chi connectivity index (χ4v) is 7.34. The number of oxazole rings is 1. The van der Waals surface area contributed by atoms with E-state index in [1.54, 1.807) is 0 Å². The first-order valence-corrected chi connectivity index (χ1v) is 10.6. The number of nitrogens with zero attached hydrogens (tertiary/aromatic N) is 1. The second kappa shape index (κ2) is 5.34. The molecule has 5 rings (SSSR count). The molecule has 132 valence electrons. The predicted molar refractivity (Wildman–Crippen MR) is 113 cm³/mol. The Morgan fingerprint density at radius 3 is 2.15 bits per heavy atom. The summed E-state index contributed by atoms with van der Waals surface area (Å²) < 4.78 is 6.23. The van der Waals surface area contributed by atoms with Gasteiger partial charge in [0.1, 0.15) is 5.35 Å². The lowest BCUT2D eigenvalue weighted by Gasteiger charge is -2.43. The number of thioether (sulfide) groups is 2. The van der Waals surface area contributed by atoms with E-state index in [0.29, 0.717) is 10.9 Å². The molecule has 2 aromatic rings. The molecule has 3 aliphatic rings. The number of allylic oxidation sites excluding steroid dienone is 4. The number of rotatable bonds is 1. The van der Waals surface area contributed by atoms with Gasteiger partial charge in [0.15, 0.2) is 5.42 Å². The summed E-state index contributed by atoms with van der Waals surface area (Å²) in [7, 11) is 0. The average molecular weight is 400 g/mol. The summed E-state index contributed by atoms with van der Waals surface area (Å²) in [6.45, 7) is 9.05. The summed E-state index contributed by atoms with van der Waals surface area (Å²) in [5, 5.41) is 1.70. The Bertz CT molecular complexity index is 1070. The molecule has 0 N–H and O–H groups in total. The average Bonchev–Trinajstić information content (AvgIpc) is 3.22. The van der Waals surface area contributed by atoms with E-state index in [1.165, 1.54) is 21.0 Å². The molecule has 1 aliphatic carbocycles. The first-order chi connectivity index (χ1) is 12.3. The van der Waals surface area contributed by atoms with Crippen LogP contribution in [0.15, 0.2) is 50.6 Å². The lowest BCUT2D eigenvalue weighted by molar-refractivity contribution is 0.526. The molecule has 0 amide bonds. The molecule has 0 spiro atoms. The van der Waals surface area contributed by atoms with E-state index in [4.69, 9.17) is 21.0 Å². The fourth-order valence-electron chi connectivity index (χ4n) is 4.18. The summed E-state index contributed by atoms with van der Waals surface area (Å²) in [5.41, 5.74) is 4.40. The minimum absolute atomic E-state index is 0.0491. The number of halogens is 1. The van der Waals surface area contributed by atoms with Crippen molar-refractivity contribution in [2.45, 2.75) is 37.2 Å². The second-order valence-corrected chi connectivity index (χ2v) is 11.1. The highest BCUT2D eigenvalue weighted by Crippen LogP contribution is 2.63. The van der Waals surface area contributed by atoms with Crippen molar-refractivity contribution < 1.29 is 4.42 Å². The monoisotopic (exact) mass is 399 g/mol. The maximum atomic E-state index is 6.34. The molecule has 0 radical (unpaired) electrons. The molecule has 0 unspecified atom stereocenters. The van der Waals surface area contributed by atoms with Crippen LogP contribution in [0.1, 0.15) is 27.7 Å². The summed E-state index contributed by atoms with van der Waals surface area (Å²) in [5.74, 6) is 0.657. The van der Waals surface area contributed by atoms with Crippen LogP contribution in [-0.2, 0) is 0 Å². The Morgan fingerprint density at radius 2 is 1.50 bits per heavy atom.